The van der Waals surface area contributed by atoms with E-state index in [0.717, 1.165) is 10.6 Å². The van der Waals surface area contributed by atoms with Gasteiger partial charge < -0.3 is 4.42 Å². The molecule has 0 amide bonds. The van der Waals surface area contributed by atoms with Crippen LogP contribution in [0.1, 0.15) is 5.69 Å². The number of thiophene rings is 2. The van der Waals surface area contributed by atoms with E-state index >= 15 is 0 Å². The molecule has 3 rings (SSSR count). The minimum atomic E-state index is 0.392. The van der Waals surface area contributed by atoms with Gasteiger partial charge in [0.2, 0.25) is 5.89 Å². The minimum Gasteiger partial charge on any atom is -0.444 e. The van der Waals surface area contributed by atoms with Gasteiger partial charge in [-0.2, -0.15) is 0 Å². The van der Waals surface area contributed by atoms with E-state index in [4.69, 9.17) is 16.0 Å². The average molecular weight is 256 g/mol. The zero-order valence-corrected chi connectivity index (χ0v) is 9.96. The quantitative estimate of drug-likeness (QED) is 0.636. The first-order valence-electron chi connectivity index (χ1n) is 4.34. The molecule has 0 aliphatic carbocycles. The maximum absolute atomic E-state index is 5.67. The molecule has 0 aliphatic rings. The van der Waals surface area contributed by atoms with E-state index in [9.17, 15) is 0 Å². The molecule has 0 aliphatic heterocycles. The van der Waals surface area contributed by atoms with Gasteiger partial charge in [0.25, 0.3) is 0 Å². The number of fused-ring (bicyclic) bond motifs is 1. The van der Waals surface area contributed by atoms with Crippen molar-refractivity contribution in [3.05, 3.63) is 29.5 Å². The Kier molecular flexibility index (Phi) is 2.27. The monoisotopic (exact) mass is 255 g/mol. The predicted octanol–water partition coefficient (Wildman–Crippen LogP) is 4.36. The molecule has 0 N–H and O–H groups in total. The number of hydrogen-bond acceptors (Lipinski definition) is 4. The molecule has 0 unspecified atom stereocenters. The summed E-state index contributed by atoms with van der Waals surface area (Å²) in [7, 11) is 0. The molecule has 3 aromatic rings. The number of nitrogens with zero attached hydrogens (tertiary/aromatic N) is 1. The van der Waals surface area contributed by atoms with Crippen LogP contribution < -0.4 is 0 Å². The maximum Gasteiger partial charge on any atom is 0.236 e. The first-order chi connectivity index (χ1) is 7.36. The molecule has 0 aromatic carbocycles. The van der Waals surface area contributed by atoms with Crippen LogP contribution >= 0.6 is 34.3 Å². The summed E-state index contributed by atoms with van der Waals surface area (Å²) in [6, 6.07) is 4.22. The topological polar surface area (TPSA) is 26.0 Å². The first kappa shape index (κ1) is 9.39. The van der Waals surface area contributed by atoms with Gasteiger partial charge in [-0.05, 0) is 17.5 Å². The van der Waals surface area contributed by atoms with Gasteiger partial charge in [-0.1, -0.05) is 0 Å². The second-order valence-electron chi connectivity index (χ2n) is 3.04. The Morgan fingerprint density at radius 2 is 2.33 bits per heavy atom. The molecule has 0 spiro atoms. The highest BCUT2D eigenvalue weighted by Gasteiger charge is 2.10. The van der Waals surface area contributed by atoms with Crippen molar-refractivity contribution >= 4 is 43.7 Å². The molecule has 2 nitrogen and oxygen atoms in total. The molecule has 0 saturated carbocycles. The summed E-state index contributed by atoms with van der Waals surface area (Å²) in [4.78, 5) is 5.35. The summed E-state index contributed by atoms with van der Waals surface area (Å²) < 4.78 is 7.92. The second kappa shape index (κ2) is 3.63. The zero-order valence-electron chi connectivity index (χ0n) is 7.57. The molecular formula is C10H6ClNOS2. The van der Waals surface area contributed by atoms with E-state index in [1.165, 1.54) is 9.40 Å². The van der Waals surface area contributed by atoms with Crippen molar-refractivity contribution in [1.82, 2.24) is 4.98 Å². The normalized spacial score (nSPS) is 11.3. The van der Waals surface area contributed by atoms with Gasteiger partial charge in [-0.25, -0.2) is 4.98 Å². The molecule has 5 heteroatoms. The van der Waals surface area contributed by atoms with Crippen LogP contribution in [0.25, 0.3) is 20.2 Å². The van der Waals surface area contributed by atoms with Crippen LogP contribution in [-0.4, -0.2) is 4.98 Å². The lowest BCUT2D eigenvalue weighted by molar-refractivity contribution is 0.575. The highest BCUT2D eigenvalue weighted by Crippen LogP contribution is 2.35. The Labute approximate surface area is 99.1 Å². The number of rotatable bonds is 2. The summed E-state index contributed by atoms with van der Waals surface area (Å²) in [5.74, 6) is 1.06. The van der Waals surface area contributed by atoms with E-state index < -0.39 is 0 Å². The molecule has 3 aromatic heterocycles. The Balaban J connectivity index is 2.09. The van der Waals surface area contributed by atoms with Gasteiger partial charge in [-0.3, -0.25) is 0 Å². The summed E-state index contributed by atoms with van der Waals surface area (Å²) in [6.07, 6.45) is 1.61. The Morgan fingerprint density at radius 1 is 1.40 bits per heavy atom. The number of oxazole rings is 1. The molecule has 15 heavy (non-hydrogen) atoms. The molecule has 76 valence electrons. The first-order valence-corrected chi connectivity index (χ1v) is 6.57. The third-order valence-corrected chi connectivity index (χ3v) is 4.39. The Morgan fingerprint density at radius 3 is 3.07 bits per heavy atom. The fourth-order valence-electron chi connectivity index (χ4n) is 1.35. The lowest BCUT2D eigenvalue weighted by Gasteiger charge is -1.85. The number of aromatic nitrogens is 1. The van der Waals surface area contributed by atoms with Crippen LogP contribution in [0.3, 0.4) is 0 Å². The zero-order chi connectivity index (χ0) is 10.3. The minimum absolute atomic E-state index is 0.392. The van der Waals surface area contributed by atoms with Gasteiger partial charge in [-0.15, -0.1) is 34.3 Å². The van der Waals surface area contributed by atoms with Crippen molar-refractivity contribution in [2.75, 3.05) is 0 Å². The van der Waals surface area contributed by atoms with Gasteiger partial charge >= 0.3 is 0 Å². The standard InChI is InChI=1S/C10H6ClNOS2/c11-4-6-5-13-10(12-6)9-3-8-7(15-9)1-2-14-8/h1-3,5H,4H2. The van der Waals surface area contributed by atoms with Crippen molar-refractivity contribution in [3.63, 3.8) is 0 Å². The van der Waals surface area contributed by atoms with E-state index in [-0.39, 0.29) is 0 Å². The Hall–Kier alpha value is -0.840. The molecule has 0 saturated heterocycles. The van der Waals surface area contributed by atoms with E-state index in [0.29, 0.717) is 11.8 Å². The van der Waals surface area contributed by atoms with Crippen molar-refractivity contribution in [1.29, 1.82) is 0 Å². The smallest absolute Gasteiger partial charge is 0.236 e. The molecule has 0 atom stereocenters. The number of hydrogen-bond donors (Lipinski definition) is 0. The van der Waals surface area contributed by atoms with E-state index in [2.05, 4.69) is 22.5 Å². The lowest BCUT2D eigenvalue weighted by atomic mass is 10.4. The fraction of sp³-hybridized carbons (Fsp3) is 0.100. The van der Waals surface area contributed by atoms with Gasteiger partial charge in [0.05, 0.1) is 16.5 Å². The van der Waals surface area contributed by atoms with Crippen LogP contribution in [0, 0.1) is 0 Å². The predicted molar refractivity (Wildman–Crippen MR) is 64.8 cm³/mol. The molecular weight excluding hydrogens is 250 g/mol. The van der Waals surface area contributed by atoms with Crippen molar-refractivity contribution < 1.29 is 4.42 Å². The van der Waals surface area contributed by atoms with E-state index in [1.54, 1.807) is 28.9 Å². The SMILES string of the molecule is ClCc1coc(-c2cc3sccc3s2)n1. The molecule has 3 heterocycles. The van der Waals surface area contributed by atoms with Crippen molar-refractivity contribution in [2.45, 2.75) is 5.88 Å². The number of alkyl halides is 1. The third-order valence-electron chi connectivity index (χ3n) is 2.04. The van der Waals surface area contributed by atoms with Gasteiger partial charge in [0.15, 0.2) is 0 Å². The lowest BCUT2D eigenvalue weighted by Crippen LogP contribution is -1.75. The van der Waals surface area contributed by atoms with Gasteiger partial charge in [0, 0.05) is 9.40 Å². The van der Waals surface area contributed by atoms with Crippen LogP contribution in [0.4, 0.5) is 0 Å². The summed E-state index contributed by atoms with van der Waals surface area (Å²) >= 11 is 9.09. The molecule has 0 fully saturated rings. The summed E-state index contributed by atoms with van der Waals surface area (Å²) in [6.45, 7) is 0. The van der Waals surface area contributed by atoms with Gasteiger partial charge in [0.1, 0.15) is 6.26 Å². The van der Waals surface area contributed by atoms with Crippen molar-refractivity contribution in [3.8, 4) is 10.8 Å². The second-order valence-corrected chi connectivity index (χ2v) is 5.34. The van der Waals surface area contributed by atoms with Crippen LogP contribution in [-0.2, 0) is 5.88 Å². The number of halogens is 1. The highest BCUT2D eigenvalue weighted by molar-refractivity contribution is 7.28. The summed E-state index contributed by atoms with van der Waals surface area (Å²) in [5, 5.41) is 2.09. The highest BCUT2D eigenvalue weighted by atomic mass is 35.5. The van der Waals surface area contributed by atoms with Crippen molar-refractivity contribution in [2.24, 2.45) is 0 Å². The molecule has 0 bridgehead atoms. The van der Waals surface area contributed by atoms with Crippen LogP contribution in [0.5, 0.6) is 0 Å². The third kappa shape index (κ3) is 1.58. The maximum atomic E-state index is 5.67. The average Bonchev–Trinajstić information content (AvgIpc) is 2.91. The molecule has 0 radical (unpaired) electrons. The van der Waals surface area contributed by atoms with E-state index in [1.807, 2.05) is 0 Å². The van der Waals surface area contributed by atoms with Crippen LogP contribution in [0.2, 0.25) is 0 Å². The Bertz CT molecular complexity index is 567. The fourth-order valence-corrected chi connectivity index (χ4v) is 3.52. The van der Waals surface area contributed by atoms with Crippen LogP contribution in [0.15, 0.2) is 28.2 Å². The largest absolute Gasteiger partial charge is 0.444 e. The summed E-state index contributed by atoms with van der Waals surface area (Å²) in [5.41, 5.74) is 0.781.